The standard InChI is InChI=1S/C12H19NO3/c1-11(12(15)16)8-6-4-2-3-5-7-9-13-10-14/h1-9H2,(H,15,16). The lowest BCUT2D eigenvalue weighted by molar-refractivity contribution is -0.132. The van der Waals surface area contributed by atoms with Gasteiger partial charge in [0.15, 0.2) is 0 Å². The van der Waals surface area contributed by atoms with Crippen LogP contribution in [0.3, 0.4) is 0 Å². The van der Waals surface area contributed by atoms with Crippen LogP contribution in [0.1, 0.15) is 44.9 Å². The number of nitrogens with zero attached hydrogens (tertiary/aromatic N) is 1. The van der Waals surface area contributed by atoms with Gasteiger partial charge in [-0.15, -0.1) is 0 Å². The number of hydrogen-bond donors (Lipinski definition) is 1. The SMILES string of the molecule is C=C(CCCCCCCCN=C=O)C(=O)O. The Bertz CT molecular complexity index is 267. The highest BCUT2D eigenvalue weighted by molar-refractivity contribution is 5.85. The van der Waals surface area contributed by atoms with Crippen LogP contribution in [0.15, 0.2) is 17.1 Å². The van der Waals surface area contributed by atoms with Crippen LogP contribution in [0.5, 0.6) is 0 Å². The van der Waals surface area contributed by atoms with Gasteiger partial charge in [0, 0.05) is 5.57 Å². The molecular formula is C12H19NO3. The fraction of sp³-hybridized carbons (Fsp3) is 0.667. The van der Waals surface area contributed by atoms with E-state index in [1.54, 1.807) is 0 Å². The molecule has 0 fully saturated rings. The molecule has 0 aromatic carbocycles. The number of aliphatic imine (C=N–C) groups is 1. The molecule has 0 saturated carbocycles. The number of aliphatic carboxylic acids is 1. The highest BCUT2D eigenvalue weighted by Crippen LogP contribution is 2.10. The first-order valence-corrected chi connectivity index (χ1v) is 5.63. The number of hydrogen-bond acceptors (Lipinski definition) is 3. The van der Waals surface area contributed by atoms with E-state index >= 15 is 0 Å². The van der Waals surface area contributed by atoms with Crippen LogP contribution in [-0.2, 0) is 9.59 Å². The van der Waals surface area contributed by atoms with E-state index in [1.165, 1.54) is 6.08 Å². The first kappa shape index (κ1) is 14.6. The molecule has 1 N–H and O–H groups in total. The molecule has 0 saturated heterocycles. The van der Waals surface area contributed by atoms with Crippen LogP contribution in [-0.4, -0.2) is 23.7 Å². The van der Waals surface area contributed by atoms with E-state index < -0.39 is 5.97 Å². The predicted octanol–water partition coefficient (Wildman–Crippen LogP) is 2.69. The van der Waals surface area contributed by atoms with Crippen molar-refractivity contribution in [2.45, 2.75) is 44.9 Å². The minimum Gasteiger partial charge on any atom is -0.478 e. The second-order valence-electron chi connectivity index (χ2n) is 3.75. The molecule has 0 rings (SSSR count). The number of rotatable bonds is 10. The molecule has 0 aliphatic carbocycles. The smallest absolute Gasteiger partial charge is 0.330 e. The van der Waals surface area contributed by atoms with Gasteiger partial charge in [0.1, 0.15) is 0 Å². The van der Waals surface area contributed by atoms with Gasteiger partial charge in [-0.05, 0) is 19.3 Å². The number of carboxylic acid groups (broad SMARTS) is 1. The van der Waals surface area contributed by atoms with Gasteiger partial charge in [-0.2, -0.15) is 0 Å². The van der Waals surface area contributed by atoms with Crippen molar-refractivity contribution in [1.82, 2.24) is 0 Å². The van der Waals surface area contributed by atoms with E-state index in [0.717, 1.165) is 38.5 Å². The molecular weight excluding hydrogens is 206 g/mol. The maximum atomic E-state index is 10.4. The summed E-state index contributed by atoms with van der Waals surface area (Å²) >= 11 is 0. The largest absolute Gasteiger partial charge is 0.478 e. The molecule has 0 bridgehead atoms. The van der Waals surface area contributed by atoms with Gasteiger partial charge in [0.25, 0.3) is 0 Å². The highest BCUT2D eigenvalue weighted by atomic mass is 16.4. The molecule has 4 nitrogen and oxygen atoms in total. The maximum absolute atomic E-state index is 10.4. The van der Waals surface area contributed by atoms with Crippen molar-refractivity contribution >= 4 is 12.0 Å². The summed E-state index contributed by atoms with van der Waals surface area (Å²) in [7, 11) is 0. The molecule has 0 radical (unpaired) electrons. The highest BCUT2D eigenvalue weighted by Gasteiger charge is 2.02. The Kier molecular flexibility index (Phi) is 9.23. The summed E-state index contributed by atoms with van der Waals surface area (Å²) in [6.45, 7) is 4.04. The predicted molar refractivity (Wildman–Crippen MR) is 62.1 cm³/mol. The monoisotopic (exact) mass is 225 g/mol. The van der Waals surface area contributed by atoms with Crippen molar-refractivity contribution in [3.63, 3.8) is 0 Å². The van der Waals surface area contributed by atoms with Crippen LogP contribution >= 0.6 is 0 Å². The average Bonchev–Trinajstić information content (AvgIpc) is 2.26. The summed E-state index contributed by atoms with van der Waals surface area (Å²) in [5, 5.41) is 8.56. The van der Waals surface area contributed by atoms with Gasteiger partial charge < -0.3 is 5.11 Å². The van der Waals surface area contributed by atoms with E-state index in [-0.39, 0.29) is 0 Å². The molecule has 0 aromatic heterocycles. The number of carbonyl (C=O) groups excluding carboxylic acids is 1. The lowest BCUT2D eigenvalue weighted by atomic mass is 10.1. The molecule has 16 heavy (non-hydrogen) atoms. The molecule has 0 aromatic rings. The minimum absolute atomic E-state index is 0.292. The topological polar surface area (TPSA) is 66.7 Å². The minimum atomic E-state index is -0.897. The van der Waals surface area contributed by atoms with E-state index in [4.69, 9.17) is 5.11 Å². The third kappa shape index (κ3) is 9.16. The molecule has 0 aliphatic rings. The van der Waals surface area contributed by atoms with Crippen molar-refractivity contribution in [2.24, 2.45) is 4.99 Å². The normalized spacial score (nSPS) is 9.50. The van der Waals surface area contributed by atoms with Gasteiger partial charge in [-0.25, -0.2) is 14.6 Å². The number of unbranched alkanes of at least 4 members (excludes halogenated alkanes) is 5. The summed E-state index contributed by atoms with van der Waals surface area (Å²) in [5.74, 6) is -0.897. The van der Waals surface area contributed by atoms with Crippen molar-refractivity contribution in [1.29, 1.82) is 0 Å². The first-order valence-electron chi connectivity index (χ1n) is 5.63. The van der Waals surface area contributed by atoms with Crippen molar-refractivity contribution < 1.29 is 14.7 Å². The van der Waals surface area contributed by atoms with Gasteiger partial charge in [-0.3, -0.25) is 0 Å². The van der Waals surface area contributed by atoms with Crippen molar-refractivity contribution in [3.05, 3.63) is 12.2 Å². The molecule has 0 unspecified atom stereocenters. The first-order chi connectivity index (χ1) is 7.68. The average molecular weight is 225 g/mol. The Morgan fingerprint density at radius 3 is 2.25 bits per heavy atom. The molecule has 0 atom stereocenters. The summed E-state index contributed by atoms with van der Waals surface area (Å²) in [6.07, 6.45) is 8.19. The lowest BCUT2D eigenvalue weighted by Gasteiger charge is -2.01. The maximum Gasteiger partial charge on any atom is 0.330 e. The van der Waals surface area contributed by atoms with Gasteiger partial charge in [0.2, 0.25) is 6.08 Å². The number of isocyanates is 1. The molecule has 0 amide bonds. The zero-order valence-electron chi connectivity index (χ0n) is 9.57. The summed E-state index contributed by atoms with van der Waals surface area (Å²) in [4.78, 5) is 23.6. The van der Waals surface area contributed by atoms with Crippen molar-refractivity contribution in [3.8, 4) is 0 Å². The van der Waals surface area contributed by atoms with E-state index in [1.807, 2.05) is 0 Å². The Balaban J connectivity index is 3.18. The van der Waals surface area contributed by atoms with Gasteiger partial charge in [0.05, 0.1) is 6.54 Å². The molecule has 4 heteroatoms. The van der Waals surface area contributed by atoms with Crippen LogP contribution in [0.25, 0.3) is 0 Å². The Labute approximate surface area is 96.1 Å². The van der Waals surface area contributed by atoms with E-state index in [0.29, 0.717) is 18.5 Å². The zero-order valence-corrected chi connectivity index (χ0v) is 9.57. The van der Waals surface area contributed by atoms with Crippen LogP contribution in [0, 0.1) is 0 Å². The van der Waals surface area contributed by atoms with Crippen molar-refractivity contribution in [2.75, 3.05) is 6.54 Å². The van der Waals surface area contributed by atoms with Crippen LogP contribution < -0.4 is 0 Å². The molecule has 90 valence electrons. The molecule has 0 aliphatic heterocycles. The summed E-state index contributed by atoms with van der Waals surface area (Å²) < 4.78 is 0. The van der Waals surface area contributed by atoms with Gasteiger partial charge in [-0.1, -0.05) is 32.3 Å². The fourth-order valence-electron chi connectivity index (χ4n) is 1.39. The summed E-state index contributed by atoms with van der Waals surface area (Å²) in [6, 6.07) is 0. The number of carbonyl (C=O) groups is 1. The van der Waals surface area contributed by atoms with E-state index in [2.05, 4.69) is 11.6 Å². The molecule has 0 heterocycles. The Morgan fingerprint density at radius 1 is 1.12 bits per heavy atom. The quantitative estimate of drug-likeness (QED) is 0.269. The van der Waals surface area contributed by atoms with Crippen LogP contribution in [0.4, 0.5) is 0 Å². The molecule has 0 spiro atoms. The zero-order chi connectivity index (χ0) is 12.2. The second-order valence-corrected chi connectivity index (χ2v) is 3.75. The summed E-state index contributed by atoms with van der Waals surface area (Å²) in [5.41, 5.74) is 0.292. The fourth-order valence-corrected chi connectivity index (χ4v) is 1.39. The Hall–Kier alpha value is -1.41. The second kappa shape index (κ2) is 10.1. The third-order valence-corrected chi connectivity index (χ3v) is 2.37. The third-order valence-electron chi connectivity index (χ3n) is 2.37. The van der Waals surface area contributed by atoms with Gasteiger partial charge >= 0.3 is 5.97 Å². The van der Waals surface area contributed by atoms with Crippen LogP contribution in [0.2, 0.25) is 0 Å². The number of carboxylic acids is 1. The lowest BCUT2D eigenvalue weighted by Crippen LogP contribution is -1.98. The van der Waals surface area contributed by atoms with E-state index in [9.17, 15) is 9.59 Å². The Morgan fingerprint density at radius 2 is 1.69 bits per heavy atom.